The standard InChI is InChI=1S/C11H21N5O/c1-11(8-12)3-5-16(6-4-11)10-13-9(7-17-2)14-15-10/h3-8,12H2,1-2H3,(H,13,14,15). The van der Waals surface area contributed by atoms with Crippen molar-refractivity contribution in [2.45, 2.75) is 26.4 Å². The molecule has 1 fully saturated rings. The Morgan fingerprint density at radius 3 is 2.76 bits per heavy atom. The summed E-state index contributed by atoms with van der Waals surface area (Å²) in [6, 6.07) is 0. The normalized spacial score (nSPS) is 19.6. The monoisotopic (exact) mass is 239 g/mol. The first kappa shape index (κ1) is 12.3. The molecule has 0 aromatic carbocycles. The Hall–Kier alpha value is -1.14. The average Bonchev–Trinajstić information content (AvgIpc) is 2.79. The summed E-state index contributed by atoms with van der Waals surface area (Å²) in [6.45, 7) is 5.42. The van der Waals surface area contributed by atoms with E-state index in [0.717, 1.165) is 44.2 Å². The van der Waals surface area contributed by atoms with E-state index < -0.39 is 0 Å². The zero-order valence-corrected chi connectivity index (χ0v) is 10.6. The van der Waals surface area contributed by atoms with Crippen molar-refractivity contribution in [3.63, 3.8) is 0 Å². The summed E-state index contributed by atoms with van der Waals surface area (Å²) in [5, 5.41) is 7.10. The van der Waals surface area contributed by atoms with Gasteiger partial charge in [0.2, 0.25) is 5.95 Å². The summed E-state index contributed by atoms with van der Waals surface area (Å²) in [6.07, 6.45) is 2.19. The number of nitrogens with one attached hydrogen (secondary N) is 1. The Morgan fingerprint density at radius 2 is 2.18 bits per heavy atom. The number of nitrogens with zero attached hydrogens (tertiary/aromatic N) is 3. The van der Waals surface area contributed by atoms with Gasteiger partial charge in [-0.15, -0.1) is 5.10 Å². The quantitative estimate of drug-likeness (QED) is 0.800. The molecule has 3 N–H and O–H groups in total. The topological polar surface area (TPSA) is 80.1 Å². The molecule has 6 nitrogen and oxygen atoms in total. The second-order valence-corrected chi connectivity index (χ2v) is 5.02. The van der Waals surface area contributed by atoms with Crippen LogP contribution in [0.2, 0.25) is 0 Å². The Labute approximate surface area is 102 Å². The van der Waals surface area contributed by atoms with Crippen molar-refractivity contribution < 1.29 is 4.74 Å². The summed E-state index contributed by atoms with van der Waals surface area (Å²) in [7, 11) is 1.65. The summed E-state index contributed by atoms with van der Waals surface area (Å²) in [5.74, 6) is 1.55. The van der Waals surface area contributed by atoms with Crippen LogP contribution in [0.15, 0.2) is 0 Å². The highest BCUT2D eigenvalue weighted by Crippen LogP contribution is 2.30. The van der Waals surface area contributed by atoms with Crippen molar-refractivity contribution in [1.82, 2.24) is 15.2 Å². The lowest BCUT2D eigenvalue weighted by molar-refractivity contribution is 0.178. The van der Waals surface area contributed by atoms with Crippen molar-refractivity contribution in [2.75, 3.05) is 31.6 Å². The lowest BCUT2D eigenvalue weighted by atomic mass is 9.81. The van der Waals surface area contributed by atoms with Crippen LogP contribution in [0, 0.1) is 5.41 Å². The maximum Gasteiger partial charge on any atom is 0.244 e. The molecule has 0 spiro atoms. The van der Waals surface area contributed by atoms with Crippen molar-refractivity contribution in [3.8, 4) is 0 Å². The number of piperidine rings is 1. The van der Waals surface area contributed by atoms with Gasteiger partial charge in [-0.2, -0.15) is 4.98 Å². The molecule has 0 atom stereocenters. The molecule has 1 aliphatic heterocycles. The lowest BCUT2D eigenvalue weighted by Gasteiger charge is -2.38. The van der Waals surface area contributed by atoms with E-state index in [0.29, 0.717) is 6.61 Å². The predicted molar refractivity (Wildman–Crippen MR) is 65.7 cm³/mol. The number of ether oxygens (including phenoxy) is 1. The first-order valence-corrected chi connectivity index (χ1v) is 6.02. The average molecular weight is 239 g/mol. The minimum Gasteiger partial charge on any atom is -0.377 e. The molecule has 1 aliphatic rings. The number of aromatic nitrogens is 3. The van der Waals surface area contributed by atoms with E-state index in [-0.39, 0.29) is 5.41 Å². The number of hydrogen-bond donors (Lipinski definition) is 2. The fraction of sp³-hybridized carbons (Fsp3) is 0.818. The molecule has 1 aromatic rings. The third kappa shape index (κ3) is 2.76. The van der Waals surface area contributed by atoms with Crippen LogP contribution < -0.4 is 10.6 Å². The minimum atomic E-state index is 0.280. The summed E-state index contributed by atoms with van der Waals surface area (Å²) in [5.41, 5.74) is 6.07. The van der Waals surface area contributed by atoms with Gasteiger partial charge in [0.1, 0.15) is 6.61 Å². The molecule has 96 valence electrons. The van der Waals surface area contributed by atoms with Crippen molar-refractivity contribution in [3.05, 3.63) is 5.82 Å². The van der Waals surface area contributed by atoms with Crippen LogP contribution in [0.1, 0.15) is 25.6 Å². The van der Waals surface area contributed by atoms with Crippen LogP contribution in [-0.2, 0) is 11.3 Å². The molecule has 6 heteroatoms. The van der Waals surface area contributed by atoms with Gasteiger partial charge in [-0.1, -0.05) is 6.92 Å². The van der Waals surface area contributed by atoms with E-state index in [9.17, 15) is 0 Å². The van der Waals surface area contributed by atoms with Gasteiger partial charge in [-0.25, -0.2) is 0 Å². The van der Waals surface area contributed by atoms with Crippen LogP contribution in [0.4, 0.5) is 5.95 Å². The van der Waals surface area contributed by atoms with Crippen molar-refractivity contribution in [1.29, 1.82) is 0 Å². The second-order valence-electron chi connectivity index (χ2n) is 5.02. The van der Waals surface area contributed by atoms with Gasteiger partial charge in [0.05, 0.1) is 0 Å². The number of rotatable bonds is 4. The maximum atomic E-state index is 5.79. The number of H-pyrrole nitrogens is 1. The van der Waals surface area contributed by atoms with Crippen LogP contribution in [0.25, 0.3) is 0 Å². The minimum absolute atomic E-state index is 0.280. The smallest absolute Gasteiger partial charge is 0.244 e. The highest BCUT2D eigenvalue weighted by molar-refractivity contribution is 5.29. The van der Waals surface area contributed by atoms with Gasteiger partial charge < -0.3 is 15.4 Å². The summed E-state index contributed by atoms with van der Waals surface area (Å²) >= 11 is 0. The van der Waals surface area contributed by atoms with E-state index in [1.165, 1.54) is 0 Å². The molecule has 0 radical (unpaired) electrons. The fourth-order valence-corrected chi connectivity index (χ4v) is 2.08. The SMILES string of the molecule is COCc1nc(N2CCC(C)(CN)CC2)n[nH]1. The molecule has 0 bridgehead atoms. The van der Waals surface area contributed by atoms with Crippen LogP contribution in [0.3, 0.4) is 0 Å². The summed E-state index contributed by atoms with van der Waals surface area (Å²) < 4.78 is 5.01. The zero-order chi connectivity index (χ0) is 12.3. The van der Waals surface area contributed by atoms with Gasteiger partial charge in [0, 0.05) is 20.2 Å². The Balaban J connectivity index is 1.95. The number of anilines is 1. The molecule has 0 unspecified atom stereocenters. The molecule has 0 aliphatic carbocycles. The zero-order valence-electron chi connectivity index (χ0n) is 10.6. The Bertz CT molecular complexity index is 356. The first-order chi connectivity index (χ1) is 8.17. The molecule has 1 aromatic heterocycles. The number of aromatic amines is 1. The molecule has 17 heavy (non-hydrogen) atoms. The van der Waals surface area contributed by atoms with E-state index >= 15 is 0 Å². The van der Waals surface area contributed by atoms with Gasteiger partial charge in [0.25, 0.3) is 0 Å². The molecular formula is C11H21N5O. The molecular weight excluding hydrogens is 218 g/mol. The fourth-order valence-electron chi connectivity index (χ4n) is 2.08. The summed E-state index contributed by atoms with van der Waals surface area (Å²) in [4.78, 5) is 6.60. The Kier molecular flexibility index (Phi) is 3.63. The highest BCUT2D eigenvalue weighted by Gasteiger charge is 2.29. The van der Waals surface area contributed by atoms with Gasteiger partial charge in [0.15, 0.2) is 5.82 Å². The predicted octanol–water partition coefficient (Wildman–Crippen LogP) is 0.516. The van der Waals surface area contributed by atoms with Crippen molar-refractivity contribution >= 4 is 5.95 Å². The number of methoxy groups -OCH3 is 1. The molecule has 2 rings (SSSR count). The molecule has 0 amide bonds. The van der Waals surface area contributed by atoms with E-state index in [4.69, 9.17) is 10.5 Å². The molecule has 1 saturated heterocycles. The third-order valence-corrected chi connectivity index (χ3v) is 3.55. The largest absolute Gasteiger partial charge is 0.377 e. The van der Waals surface area contributed by atoms with Gasteiger partial charge >= 0.3 is 0 Å². The molecule has 0 saturated carbocycles. The van der Waals surface area contributed by atoms with E-state index in [1.807, 2.05) is 0 Å². The van der Waals surface area contributed by atoms with Gasteiger partial charge in [-0.05, 0) is 24.8 Å². The third-order valence-electron chi connectivity index (χ3n) is 3.55. The lowest BCUT2D eigenvalue weighted by Crippen LogP contribution is -2.42. The van der Waals surface area contributed by atoms with Crippen LogP contribution in [-0.4, -0.2) is 41.9 Å². The van der Waals surface area contributed by atoms with E-state index in [2.05, 4.69) is 27.0 Å². The molecule has 2 heterocycles. The van der Waals surface area contributed by atoms with E-state index in [1.54, 1.807) is 7.11 Å². The number of hydrogen-bond acceptors (Lipinski definition) is 5. The Morgan fingerprint density at radius 1 is 1.47 bits per heavy atom. The maximum absolute atomic E-state index is 5.79. The number of nitrogens with two attached hydrogens (primary N) is 1. The first-order valence-electron chi connectivity index (χ1n) is 6.02. The highest BCUT2D eigenvalue weighted by atomic mass is 16.5. The van der Waals surface area contributed by atoms with Crippen molar-refractivity contribution in [2.24, 2.45) is 11.1 Å². The van der Waals surface area contributed by atoms with Gasteiger partial charge in [-0.3, -0.25) is 5.10 Å². The second kappa shape index (κ2) is 5.01. The van der Waals surface area contributed by atoms with Crippen LogP contribution in [0.5, 0.6) is 0 Å². The van der Waals surface area contributed by atoms with Crippen LogP contribution >= 0.6 is 0 Å².